The largest absolute Gasteiger partial charge is 0.497 e. The topological polar surface area (TPSA) is 104 Å². The fourth-order valence-corrected chi connectivity index (χ4v) is 6.16. The Kier molecular flexibility index (Phi) is 6.99. The Morgan fingerprint density at radius 2 is 1.76 bits per heavy atom. The number of hydrogen-bond donors (Lipinski definition) is 3. The molecule has 3 amide bonds. The van der Waals surface area contributed by atoms with Crippen molar-refractivity contribution in [2.45, 2.75) is 51.4 Å². The highest BCUT2D eigenvalue weighted by molar-refractivity contribution is 6.04. The number of methoxy groups -OCH3 is 1. The number of carbonyl (C=O) groups is 3. The molecule has 0 saturated heterocycles. The van der Waals surface area contributed by atoms with Gasteiger partial charge in [-0.05, 0) is 53.3 Å². The molecule has 3 N–H and O–H groups in total. The number of para-hydroxylation sites is 1. The van der Waals surface area contributed by atoms with Crippen LogP contribution in [0.5, 0.6) is 5.75 Å². The number of ether oxygens (including phenoxy) is 1. The number of amides is 3. The summed E-state index contributed by atoms with van der Waals surface area (Å²) in [5, 5.41) is 7.05. The summed E-state index contributed by atoms with van der Waals surface area (Å²) in [4.78, 5) is 46.3. The number of nitrogens with zero attached hydrogens (tertiary/aromatic N) is 1. The van der Waals surface area contributed by atoms with Gasteiger partial charge in [-0.1, -0.05) is 62.4 Å². The fraction of sp³-hybridized carbons (Fsp3) is 0.303. The Labute approximate surface area is 239 Å². The van der Waals surface area contributed by atoms with Crippen LogP contribution in [0.1, 0.15) is 59.1 Å². The number of carbonyl (C=O) groups excluding carboxylic acids is 3. The molecule has 210 valence electrons. The molecule has 41 heavy (non-hydrogen) atoms. The summed E-state index contributed by atoms with van der Waals surface area (Å²) in [5.74, 6) is 0.174. The van der Waals surface area contributed by atoms with Crippen molar-refractivity contribution in [3.05, 3.63) is 101 Å². The molecule has 3 atom stereocenters. The molecular formula is C33H34N4O4. The predicted octanol–water partition coefficient (Wildman–Crippen LogP) is 4.49. The number of hydrogen-bond acceptors (Lipinski definition) is 4. The second kappa shape index (κ2) is 10.8. The van der Waals surface area contributed by atoms with Crippen LogP contribution in [-0.2, 0) is 22.6 Å². The third kappa shape index (κ3) is 4.84. The molecule has 0 aliphatic carbocycles. The molecule has 2 aliphatic rings. The van der Waals surface area contributed by atoms with E-state index in [4.69, 9.17) is 4.74 Å². The highest BCUT2D eigenvalue weighted by Gasteiger charge is 2.49. The van der Waals surface area contributed by atoms with Gasteiger partial charge in [-0.3, -0.25) is 14.4 Å². The highest BCUT2D eigenvalue weighted by Crippen LogP contribution is 2.46. The highest BCUT2D eigenvalue weighted by atomic mass is 16.5. The molecule has 6 rings (SSSR count). The molecule has 0 fully saturated rings. The van der Waals surface area contributed by atoms with Crippen LogP contribution in [0.4, 0.5) is 0 Å². The summed E-state index contributed by atoms with van der Waals surface area (Å²) in [5.41, 5.74) is 5.39. The van der Waals surface area contributed by atoms with E-state index in [1.807, 2.05) is 86.6 Å². The van der Waals surface area contributed by atoms with Crippen LogP contribution in [0, 0.1) is 5.92 Å². The minimum absolute atomic E-state index is 0.167. The normalized spacial score (nSPS) is 18.0. The van der Waals surface area contributed by atoms with Gasteiger partial charge in [-0.2, -0.15) is 0 Å². The first-order chi connectivity index (χ1) is 19.9. The van der Waals surface area contributed by atoms with Crippen LogP contribution in [0.15, 0.2) is 72.8 Å². The lowest BCUT2D eigenvalue weighted by Crippen LogP contribution is -2.56. The van der Waals surface area contributed by atoms with Gasteiger partial charge in [0.05, 0.1) is 13.2 Å². The number of fused-ring (bicyclic) bond motifs is 7. The maximum Gasteiger partial charge on any atom is 0.255 e. The number of aromatic amines is 1. The van der Waals surface area contributed by atoms with Crippen LogP contribution in [0.3, 0.4) is 0 Å². The summed E-state index contributed by atoms with van der Waals surface area (Å²) < 4.78 is 5.21. The number of nitrogens with one attached hydrogen (secondary N) is 3. The Hall–Kier alpha value is -4.59. The summed E-state index contributed by atoms with van der Waals surface area (Å²) in [6.45, 7) is 4.37. The first-order valence-electron chi connectivity index (χ1n) is 14.1. The Morgan fingerprint density at radius 3 is 2.51 bits per heavy atom. The Morgan fingerprint density at radius 1 is 1.02 bits per heavy atom. The second-order valence-electron chi connectivity index (χ2n) is 11.2. The average molecular weight is 551 g/mol. The van der Waals surface area contributed by atoms with Crippen molar-refractivity contribution in [3.63, 3.8) is 0 Å². The first-order valence-corrected chi connectivity index (χ1v) is 14.1. The van der Waals surface area contributed by atoms with E-state index in [1.165, 1.54) is 0 Å². The van der Waals surface area contributed by atoms with Gasteiger partial charge < -0.3 is 25.3 Å². The number of aromatic nitrogens is 1. The molecule has 0 spiro atoms. The quantitative estimate of drug-likeness (QED) is 0.301. The van der Waals surface area contributed by atoms with E-state index in [0.717, 1.165) is 39.0 Å². The van der Waals surface area contributed by atoms with Gasteiger partial charge in [0.15, 0.2) is 0 Å². The van der Waals surface area contributed by atoms with Gasteiger partial charge in [0.2, 0.25) is 11.8 Å². The molecule has 3 aromatic carbocycles. The van der Waals surface area contributed by atoms with Crippen LogP contribution >= 0.6 is 0 Å². The van der Waals surface area contributed by atoms with Gasteiger partial charge in [-0.25, -0.2) is 0 Å². The summed E-state index contributed by atoms with van der Waals surface area (Å²) in [6.07, 6.45) is 0.839. The maximum absolute atomic E-state index is 14.0. The summed E-state index contributed by atoms with van der Waals surface area (Å²) in [6, 6.07) is 21.2. The standard InChI is InChI=1S/C33H34N4O4/c1-19(2)16-27(31(38)34-18-20-12-14-21(41-3)15-13-20)36-32(39)28-17-25-22-8-6-7-11-26(22)35-29(25)30-23-9-4-5-10-24(23)33(40)37(28)30/h4-15,19,27-28,30,35H,16-18H2,1-3H3,(H,34,38)(H,36,39)/t27-,28-,30+/m0/s1. The van der Waals surface area contributed by atoms with Gasteiger partial charge in [0.1, 0.15) is 17.8 Å². The van der Waals surface area contributed by atoms with Crippen LogP contribution in [0.2, 0.25) is 0 Å². The van der Waals surface area contributed by atoms with E-state index in [9.17, 15) is 14.4 Å². The van der Waals surface area contributed by atoms with E-state index in [0.29, 0.717) is 24.9 Å². The van der Waals surface area contributed by atoms with Gasteiger partial charge in [0.25, 0.3) is 5.91 Å². The molecule has 2 aliphatic heterocycles. The molecule has 4 aromatic rings. The third-order valence-corrected chi connectivity index (χ3v) is 8.12. The molecule has 0 bridgehead atoms. The second-order valence-corrected chi connectivity index (χ2v) is 11.2. The number of benzene rings is 3. The van der Waals surface area contributed by atoms with E-state index >= 15 is 0 Å². The zero-order valence-corrected chi connectivity index (χ0v) is 23.4. The molecule has 8 heteroatoms. The fourth-order valence-electron chi connectivity index (χ4n) is 6.16. The minimum Gasteiger partial charge on any atom is -0.497 e. The predicted molar refractivity (Wildman–Crippen MR) is 156 cm³/mol. The lowest BCUT2D eigenvalue weighted by atomic mass is 9.89. The van der Waals surface area contributed by atoms with Crippen molar-refractivity contribution in [1.29, 1.82) is 0 Å². The van der Waals surface area contributed by atoms with Gasteiger partial charge >= 0.3 is 0 Å². The van der Waals surface area contributed by atoms with Crippen molar-refractivity contribution in [1.82, 2.24) is 20.5 Å². The maximum atomic E-state index is 14.0. The van der Waals surface area contributed by atoms with Crippen molar-refractivity contribution < 1.29 is 19.1 Å². The lowest BCUT2D eigenvalue weighted by Gasteiger charge is -2.37. The van der Waals surface area contributed by atoms with E-state index in [1.54, 1.807) is 12.0 Å². The monoisotopic (exact) mass is 550 g/mol. The van der Waals surface area contributed by atoms with E-state index in [2.05, 4.69) is 15.6 Å². The SMILES string of the molecule is COc1ccc(CNC(=O)[C@H](CC(C)C)NC(=O)[C@@H]2Cc3c([nH]c4ccccc34)[C@H]3c4ccccc4C(=O)N32)cc1. The molecule has 8 nitrogen and oxygen atoms in total. The van der Waals surface area contributed by atoms with E-state index in [-0.39, 0.29) is 23.6 Å². The van der Waals surface area contributed by atoms with Crippen molar-refractivity contribution in [3.8, 4) is 5.75 Å². The summed E-state index contributed by atoms with van der Waals surface area (Å²) in [7, 11) is 1.61. The molecule has 0 radical (unpaired) electrons. The van der Waals surface area contributed by atoms with Crippen LogP contribution in [0.25, 0.3) is 10.9 Å². The lowest BCUT2D eigenvalue weighted by molar-refractivity contribution is -0.132. The van der Waals surface area contributed by atoms with Crippen molar-refractivity contribution in [2.24, 2.45) is 5.92 Å². The van der Waals surface area contributed by atoms with Gasteiger partial charge in [0, 0.05) is 35.1 Å². The Bertz CT molecular complexity index is 1620. The smallest absolute Gasteiger partial charge is 0.255 e. The molecule has 3 heterocycles. The Balaban J connectivity index is 1.28. The van der Waals surface area contributed by atoms with Gasteiger partial charge in [-0.15, -0.1) is 0 Å². The average Bonchev–Trinajstić information content (AvgIpc) is 3.50. The molecular weight excluding hydrogens is 516 g/mol. The first kappa shape index (κ1) is 26.6. The minimum atomic E-state index is -0.754. The van der Waals surface area contributed by atoms with Crippen molar-refractivity contribution in [2.75, 3.05) is 7.11 Å². The zero-order chi connectivity index (χ0) is 28.7. The number of H-pyrrole nitrogens is 1. The third-order valence-electron chi connectivity index (χ3n) is 8.12. The van der Waals surface area contributed by atoms with Crippen molar-refractivity contribution >= 4 is 28.6 Å². The van der Waals surface area contributed by atoms with Crippen LogP contribution in [-0.4, -0.2) is 46.8 Å². The summed E-state index contributed by atoms with van der Waals surface area (Å²) >= 11 is 0. The van der Waals surface area contributed by atoms with E-state index < -0.39 is 18.1 Å². The number of rotatable bonds is 8. The zero-order valence-electron chi connectivity index (χ0n) is 23.4. The molecule has 0 unspecified atom stereocenters. The van der Waals surface area contributed by atoms with Crippen LogP contribution < -0.4 is 15.4 Å². The molecule has 0 saturated carbocycles. The molecule has 1 aromatic heterocycles.